The minimum Gasteiger partial charge on any atom is -0.459 e. The first-order chi connectivity index (χ1) is 17.9. The number of ether oxygens (including phenoxy) is 2. The smallest absolute Gasteiger partial charge is 0.325 e. The van der Waals surface area contributed by atoms with Gasteiger partial charge >= 0.3 is 11.9 Å². The second-order valence-electron chi connectivity index (χ2n) is 12.6. The summed E-state index contributed by atoms with van der Waals surface area (Å²) < 4.78 is 11.3. The number of piperidine rings is 1. The predicted molar refractivity (Wildman–Crippen MR) is 151 cm³/mol. The summed E-state index contributed by atoms with van der Waals surface area (Å²) in [4.78, 5) is 29.2. The summed E-state index contributed by atoms with van der Waals surface area (Å²) in [5, 5.41) is 3.67. The molecule has 0 aromatic heterocycles. The Morgan fingerprint density at radius 1 is 0.842 bits per heavy atom. The van der Waals surface area contributed by atoms with Gasteiger partial charge in [-0.1, -0.05) is 42.5 Å². The molecule has 1 fully saturated rings. The molecule has 2 aromatic carbocycles. The number of anilines is 1. The number of para-hydroxylation sites is 1. The zero-order valence-electron chi connectivity index (χ0n) is 23.9. The molecular formula is C32H44N2O4. The zero-order valence-corrected chi connectivity index (χ0v) is 23.9. The van der Waals surface area contributed by atoms with E-state index in [-0.39, 0.29) is 6.04 Å². The maximum absolute atomic E-state index is 13.3. The molecule has 1 saturated heterocycles. The molecule has 0 radical (unpaired) electrons. The molecule has 38 heavy (non-hydrogen) atoms. The van der Waals surface area contributed by atoms with Crippen molar-refractivity contribution in [2.45, 2.75) is 103 Å². The van der Waals surface area contributed by atoms with Crippen molar-refractivity contribution >= 4 is 17.6 Å². The van der Waals surface area contributed by atoms with Gasteiger partial charge in [0, 0.05) is 36.4 Å². The Labute approximate surface area is 228 Å². The van der Waals surface area contributed by atoms with Crippen LogP contribution in [0.25, 0.3) is 0 Å². The maximum atomic E-state index is 13.3. The van der Waals surface area contributed by atoms with E-state index in [1.807, 2.05) is 24.3 Å². The van der Waals surface area contributed by atoms with Crippen LogP contribution in [0.3, 0.4) is 0 Å². The zero-order chi connectivity index (χ0) is 27.5. The lowest BCUT2D eigenvalue weighted by molar-refractivity contribution is -0.169. The highest BCUT2D eigenvalue weighted by Gasteiger charge is 2.38. The van der Waals surface area contributed by atoms with Crippen LogP contribution in [0.15, 0.2) is 48.5 Å². The van der Waals surface area contributed by atoms with E-state index >= 15 is 0 Å². The number of hydrogen-bond acceptors (Lipinski definition) is 6. The normalized spacial score (nSPS) is 19.1. The molecule has 1 aliphatic carbocycles. The van der Waals surface area contributed by atoms with Gasteiger partial charge in [-0.3, -0.25) is 14.5 Å². The molecule has 1 heterocycles. The Bertz CT molecular complexity index is 1090. The number of nitrogens with one attached hydrogen (secondary N) is 1. The van der Waals surface area contributed by atoms with Crippen LogP contribution >= 0.6 is 0 Å². The Balaban J connectivity index is 1.49. The fraction of sp³-hybridized carbons (Fsp3) is 0.562. The largest absolute Gasteiger partial charge is 0.459 e. The number of nitrogens with zero attached hydrogens (tertiary/aromatic N) is 1. The lowest BCUT2D eigenvalue weighted by Crippen LogP contribution is -2.42. The molecule has 0 amide bonds. The fourth-order valence-corrected chi connectivity index (χ4v) is 5.63. The Morgan fingerprint density at radius 3 is 2.05 bits per heavy atom. The number of benzene rings is 2. The van der Waals surface area contributed by atoms with Crippen molar-refractivity contribution in [3.05, 3.63) is 65.2 Å². The molecule has 6 nitrogen and oxygen atoms in total. The van der Waals surface area contributed by atoms with Crippen LogP contribution in [0.2, 0.25) is 0 Å². The van der Waals surface area contributed by atoms with Gasteiger partial charge in [0.15, 0.2) is 5.92 Å². The van der Waals surface area contributed by atoms with Gasteiger partial charge in [0.1, 0.15) is 11.2 Å². The van der Waals surface area contributed by atoms with Gasteiger partial charge in [-0.2, -0.15) is 0 Å². The third-order valence-electron chi connectivity index (χ3n) is 7.22. The Kier molecular flexibility index (Phi) is 8.51. The van der Waals surface area contributed by atoms with Crippen LogP contribution in [0, 0.1) is 0 Å². The summed E-state index contributed by atoms with van der Waals surface area (Å²) in [7, 11) is 0. The molecule has 1 aliphatic heterocycles. The minimum absolute atomic E-state index is 0.254. The molecule has 206 valence electrons. The minimum atomic E-state index is -1.16. The van der Waals surface area contributed by atoms with E-state index in [2.05, 4.69) is 34.5 Å². The van der Waals surface area contributed by atoms with Crippen molar-refractivity contribution in [1.29, 1.82) is 0 Å². The van der Waals surface area contributed by atoms with Gasteiger partial charge in [-0.25, -0.2) is 0 Å². The first-order valence-corrected chi connectivity index (χ1v) is 14.0. The van der Waals surface area contributed by atoms with Crippen LogP contribution in [-0.4, -0.2) is 47.2 Å². The molecule has 2 aliphatic rings. The van der Waals surface area contributed by atoms with E-state index in [9.17, 15) is 9.59 Å². The van der Waals surface area contributed by atoms with Crippen molar-refractivity contribution < 1.29 is 19.1 Å². The second kappa shape index (κ2) is 11.5. The summed E-state index contributed by atoms with van der Waals surface area (Å²) in [6, 6.07) is 17.2. The SMILES string of the molecule is CC(C)(C)OC(=O)C(C(=O)OC(C)(C)C)c1ccccc1NC1CCN(C2CCCc3ccccc32)CC1. The first-order valence-electron chi connectivity index (χ1n) is 14.0. The average Bonchev–Trinajstić information content (AvgIpc) is 2.83. The molecule has 1 atom stereocenters. The van der Waals surface area contributed by atoms with Gasteiger partial charge in [0.25, 0.3) is 0 Å². The molecule has 1 unspecified atom stereocenters. The standard InChI is InChI=1S/C32H44N2O4/c1-31(2,3)37-29(35)28(30(36)38-32(4,5)6)25-15-9-10-16-26(25)33-23-18-20-34(21-19-23)27-17-11-13-22-12-7-8-14-24(22)27/h7-10,12,14-16,23,27-28,33H,11,13,17-21H2,1-6H3. The summed E-state index contributed by atoms with van der Waals surface area (Å²) in [5.41, 5.74) is 2.94. The van der Waals surface area contributed by atoms with Crippen molar-refractivity contribution in [1.82, 2.24) is 4.90 Å². The highest BCUT2D eigenvalue weighted by atomic mass is 16.6. The number of esters is 2. The van der Waals surface area contributed by atoms with Gasteiger partial charge in [0.2, 0.25) is 0 Å². The summed E-state index contributed by atoms with van der Waals surface area (Å²) in [5.74, 6) is -2.34. The van der Waals surface area contributed by atoms with Crippen LogP contribution in [0.1, 0.15) is 95.9 Å². The highest BCUT2D eigenvalue weighted by Crippen LogP contribution is 2.37. The maximum Gasteiger partial charge on any atom is 0.325 e. The number of carbonyl (C=O) groups excluding carboxylic acids is 2. The Morgan fingerprint density at radius 2 is 1.42 bits per heavy atom. The molecule has 1 N–H and O–H groups in total. The summed E-state index contributed by atoms with van der Waals surface area (Å²) in [6.07, 6.45) is 5.63. The van der Waals surface area contributed by atoms with Gasteiger partial charge in [-0.05, 0) is 90.8 Å². The van der Waals surface area contributed by atoms with Gasteiger partial charge in [-0.15, -0.1) is 0 Å². The van der Waals surface area contributed by atoms with Crippen LogP contribution in [-0.2, 0) is 25.5 Å². The number of aryl methyl sites for hydroxylation is 1. The van der Waals surface area contributed by atoms with E-state index < -0.39 is 29.1 Å². The van der Waals surface area contributed by atoms with Crippen molar-refractivity contribution in [3.8, 4) is 0 Å². The quantitative estimate of drug-likeness (QED) is 0.351. The molecule has 0 spiro atoms. The number of carbonyl (C=O) groups is 2. The van der Waals surface area contributed by atoms with Crippen LogP contribution in [0.5, 0.6) is 0 Å². The van der Waals surface area contributed by atoms with Crippen LogP contribution < -0.4 is 5.32 Å². The third-order valence-corrected chi connectivity index (χ3v) is 7.22. The average molecular weight is 521 g/mol. The lowest BCUT2D eigenvalue weighted by atomic mass is 9.85. The number of fused-ring (bicyclic) bond motifs is 1. The van der Waals surface area contributed by atoms with Gasteiger partial charge in [0.05, 0.1) is 0 Å². The molecule has 0 bridgehead atoms. The van der Waals surface area contributed by atoms with Crippen LogP contribution in [0.4, 0.5) is 5.69 Å². The predicted octanol–water partition coefficient (Wildman–Crippen LogP) is 6.41. The molecule has 0 saturated carbocycles. The Hall–Kier alpha value is -2.86. The number of rotatable bonds is 6. The van der Waals surface area contributed by atoms with E-state index in [1.54, 1.807) is 41.5 Å². The lowest BCUT2D eigenvalue weighted by Gasteiger charge is -2.40. The monoisotopic (exact) mass is 520 g/mol. The molecule has 6 heteroatoms. The second-order valence-corrected chi connectivity index (χ2v) is 12.6. The molecule has 2 aromatic rings. The summed E-state index contributed by atoms with van der Waals surface area (Å²) in [6.45, 7) is 12.9. The summed E-state index contributed by atoms with van der Waals surface area (Å²) >= 11 is 0. The van der Waals surface area contributed by atoms with Crippen molar-refractivity contribution in [2.75, 3.05) is 18.4 Å². The van der Waals surface area contributed by atoms with Gasteiger partial charge < -0.3 is 14.8 Å². The van der Waals surface area contributed by atoms with E-state index in [4.69, 9.17) is 9.47 Å². The highest BCUT2D eigenvalue weighted by molar-refractivity contribution is 6.02. The molecule has 4 rings (SSSR count). The van der Waals surface area contributed by atoms with E-state index in [1.165, 1.54) is 30.4 Å². The fourth-order valence-electron chi connectivity index (χ4n) is 5.63. The first kappa shape index (κ1) is 28.2. The van der Waals surface area contributed by atoms with Crippen molar-refractivity contribution in [2.24, 2.45) is 0 Å². The topological polar surface area (TPSA) is 67.9 Å². The number of hydrogen-bond donors (Lipinski definition) is 1. The van der Waals surface area contributed by atoms with E-state index in [0.29, 0.717) is 11.6 Å². The molecular weight excluding hydrogens is 476 g/mol. The third kappa shape index (κ3) is 7.16. The van der Waals surface area contributed by atoms with E-state index in [0.717, 1.165) is 31.6 Å². The number of likely N-dealkylation sites (tertiary alicyclic amines) is 1. The van der Waals surface area contributed by atoms with Crippen molar-refractivity contribution in [3.63, 3.8) is 0 Å².